The third-order valence-corrected chi connectivity index (χ3v) is 8.12. The van der Waals surface area contributed by atoms with Gasteiger partial charge >= 0.3 is 6.18 Å². The summed E-state index contributed by atoms with van der Waals surface area (Å²) in [5.41, 5.74) is 2.25. The molecule has 5 aromatic rings. The van der Waals surface area contributed by atoms with E-state index in [1.807, 2.05) is 52.9 Å². The number of hydrogen-bond acceptors (Lipinski definition) is 6. The Morgan fingerprint density at radius 3 is 2.31 bits per heavy atom. The van der Waals surface area contributed by atoms with E-state index in [4.69, 9.17) is 9.47 Å². The van der Waals surface area contributed by atoms with Gasteiger partial charge in [-0.25, -0.2) is 4.98 Å². The molecular formula is C35H33BrF3N5O4. The Morgan fingerprint density at radius 2 is 1.65 bits per heavy atom. The fourth-order valence-corrected chi connectivity index (χ4v) is 5.55. The van der Waals surface area contributed by atoms with Crippen LogP contribution >= 0.6 is 17.0 Å². The van der Waals surface area contributed by atoms with Crippen molar-refractivity contribution in [1.29, 1.82) is 0 Å². The molecule has 13 heteroatoms. The third kappa shape index (κ3) is 7.80. The van der Waals surface area contributed by atoms with Crippen molar-refractivity contribution in [3.63, 3.8) is 0 Å². The van der Waals surface area contributed by atoms with E-state index in [-0.39, 0.29) is 34.3 Å². The number of benzene rings is 3. The number of hydrogen-bond donors (Lipinski definition) is 1. The lowest BCUT2D eigenvalue weighted by molar-refractivity contribution is -0.137. The number of nitrogens with zero attached hydrogens (tertiary/aromatic N) is 4. The summed E-state index contributed by atoms with van der Waals surface area (Å²) < 4.78 is 51.5. The van der Waals surface area contributed by atoms with E-state index >= 15 is 0 Å². The summed E-state index contributed by atoms with van der Waals surface area (Å²) in [6.45, 7) is 3.60. The van der Waals surface area contributed by atoms with Gasteiger partial charge < -0.3 is 24.3 Å². The Kier molecular flexibility index (Phi) is 10.4. The number of halogens is 4. The highest BCUT2D eigenvalue weighted by atomic mass is 79.9. The lowest BCUT2D eigenvalue weighted by Crippen LogP contribution is -2.48. The maximum Gasteiger partial charge on any atom is 0.416 e. The second-order valence-corrected chi connectivity index (χ2v) is 11.2. The van der Waals surface area contributed by atoms with E-state index in [0.717, 1.165) is 60.6 Å². The summed E-state index contributed by atoms with van der Waals surface area (Å²) in [7, 11) is 3.53. The number of rotatable bonds is 8. The van der Waals surface area contributed by atoms with Gasteiger partial charge in [0.1, 0.15) is 17.2 Å². The molecule has 1 saturated heterocycles. The van der Waals surface area contributed by atoms with Crippen molar-refractivity contribution in [3.05, 3.63) is 114 Å². The number of methoxy groups -OCH3 is 1. The van der Waals surface area contributed by atoms with Crippen LogP contribution in [0.3, 0.4) is 0 Å². The van der Waals surface area contributed by atoms with E-state index in [0.29, 0.717) is 30.2 Å². The van der Waals surface area contributed by atoms with E-state index in [1.165, 1.54) is 11.8 Å². The highest BCUT2D eigenvalue weighted by Crippen LogP contribution is 2.30. The normalized spacial score (nSPS) is 13.6. The van der Waals surface area contributed by atoms with Crippen LogP contribution < -0.4 is 14.8 Å². The second-order valence-electron chi connectivity index (χ2n) is 11.2. The molecule has 9 nitrogen and oxygen atoms in total. The van der Waals surface area contributed by atoms with Gasteiger partial charge in [-0.15, -0.1) is 17.0 Å². The molecule has 0 atom stereocenters. The van der Waals surface area contributed by atoms with Gasteiger partial charge in [0.15, 0.2) is 0 Å². The first-order valence-corrected chi connectivity index (χ1v) is 14.9. The molecule has 0 spiro atoms. The van der Waals surface area contributed by atoms with E-state index in [2.05, 4.69) is 21.3 Å². The number of amides is 2. The van der Waals surface area contributed by atoms with Crippen LogP contribution in [0.2, 0.25) is 0 Å². The summed E-state index contributed by atoms with van der Waals surface area (Å²) in [6, 6.07) is 22.5. The predicted octanol–water partition coefficient (Wildman–Crippen LogP) is 7.18. The minimum absolute atomic E-state index is 0. The average Bonchev–Trinajstić information content (AvgIpc) is 3.40. The fourth-order valence-electron chi connectivity index (χ4n) is 5.55. The van der Waals surface area contributed by atoms with Gasteiger partial charge in [0.2, 0.25) is 5.88 Å². The highest BCUT2D eigenvalue weighted by molar-refractivity contribution is 8.93. The number of carbonyl (C=O) groups excluding carboxylic acids is 2. The monoisotopic (exact) mass is 723 g/mol. The number of anilines is 1. The molecule has 1 aliphatic heterocycles. The van der Waals surface area contributed by atoms with Crippen LogP contribution in [0.4, 0.5) is 18.9 Å². The molecule has 6 rings (SSSR count). The lowest BCUT2D eigenvalue weighted by Gasteiger charge is -2.34. The smallest absolute Gasteiger partial charge is 0.416 e. The summed E-state index contributed by atoms with van der Waals surface area (Å²) >= 11 is 0. The quantitative estimate of drug-likeness (QED) is 0.183. The standard InChI is InChI=1S/C35H32F3N5O4.BrH/c1-41-30-12-11-29(47-32-13-10-27(21-39-32)40-33(44)24-6-8-26(9-7-24)35(36,37)38)19-25(30)20-31(41)34(45)43-16-14-42(15-17-43)22-23-4-3-5-28(18-23)46-2;/h3-13,18-21H,14-17,22H2,1-2H3,(H,40,44);1H. The van der Waals surface area contributed by atoms with Crippen LogP contribution in [-0.2, 0) is 19.8 Å². The Bertz CT molecular complexity index is 1900. The van der Waals surface area contributed by atoms with Crippen molar-refractivity contribution in [2.45, 2.75) is 12.7 Å². The molecule has 0 saturated carbocycles. The first-order chi connectivity index (χ1) is 22.6. The number of aromatic nitrogens is 2. The zero-order chi connectivity index (χ0) is 33.1. The van der Waals surface area contributed by atoms with Crippen molar-refractivity contribution in [3.8, 4) is 17.4 Å². The lowest BCUT2D eigenvalue weighted by atomic mass is 10.1. The largest absolute Gasteiger partial charge is 0.497 e. The Labute approximate surface area is 285 Å². The van der Waals surface area contributed by atoms with Gasteiger partial charge in [0.05, 0.1) is 24.6 Å². The van der Waals surface area contributed by atoms with Crippen molar-refractivity contribution < 1.29 is 32.2 Å². The topological polar surface area (TPSA) is 88.9 Å². The molecular weight excluding hydrogens is 691 g/mol. The van der Waals surface area contributed by atoms with Crippen LogP contribution in [0.5, 0.6) is 17.4 Å². The third-order valence-electron chi connectivity index (χ3n) is 8.12. The molecule has 1 aliphatic rings. The minimum atomic E-state index is -4.48. The number of piperazine rings is 1. The molecule has 3 heterocycles. The van der Waals surface area contributed by atoms with Gasteiger partial charge in [-0.05, 0) is 72.3 Å². The van der Waals surface area contributed by atoms with Gasteiger partial charge in [-0.2, -0.15) is 13.2 Å². The average molecular weight is 725 g/mol. The number of nitrogens with one attached hydrogen (secondary N) is 1. The number of alkyl halides is 3. The molecule has 3 aromatic carbocycles. The van der Waals surface area contributed by atoms with Gasteiger partial charge in [0.25, 0.3) is 11.8 Å². The Balaban J connectivity index is 0.00000451. The highest BCUT2D eigenvalue weighted by Gasteiger charge is 2.30. The van der Waals surface area contributed by atoms with Crippen LogP contribution in [0.25, 0.3) is 10.9 Å². The number of carbonyl (C=O) groups is 2. The van der Waals surface area contributed by atoms with Crippen molar-refractivity contribution in [1.82, 2.24) is 19.4 Å². The molecule has 2 aromatic heterocycles. The van der Waals surface area contributed by atoms with Crippen molar-refractivity contribution >= 4 is 45.4 Å². The number of ether oxygens (including phenoxy) is 2. The Hall–Kier alpha value is -4.88. The summed E-state index contributed by atoms with van der Waals surface area (Å²) in [5, 5.41) is 3.45. The number of fused-ring (bicyclic) bond motifs is 1. The first kappa shape index (κ1) is 34.5. The molecule has 0 aliphatic carbocycles. The van der Waals surface area contributed by atoms with E-state index in [9.17, 15) is 22.8 Å². The van der Waals surface area contributed by atoms with E-state index < -0.39 is 17.6 Å². The molecule has 48 heavy (non-hydrogen) atoms. The maximum atomic E-state index is 13.5. The van der Waals surface area contributed by atoms with E-state index in [1.54, 1.807) is 25.3 Å². The number of aryl methyl sites for hydroxylation is 1. The zero-order valence-electron chi connectivity index (χ0n) is 26.2. The van der Waals surface area contributed by atoms with Gasteiger partial charge in [-0.1, -0.05) is 12.1 Å². The fraction of sp³-hybridized carbons (Fsp3) is 0.229. The summed E-state index contributed by atoms with van der Waals surface area (Å²) in [6.07, 6.45) is -3.08. The van der Waals surface area contributed by atoms with Gasteiger partial charge in [0, 0.05) is 62.3 Å². The predicted molar refractivity (Wildman–Crippen MR) is 181 cm³/mol. The SMILES string of the molecule is Br.COc1cccc(CN2CCN(C(=O)c3cc4cc(Oc5ccc(NC(=O)c6ccc(C(F)(F)F)cc6)cn5)ccc4n3C)CC2)c1. The molecule has 250 valence electrons. The molecule has 0 radical (unpaired) electrons. The second kappa shape index (κ2) is 14.5. The zero-order valence-corrected chi connectivity index (χ0v) is 27.9. The van der Waals surface area contributed by atoms with Crippen LogP contribution in [0.15, 0.2) is 91.1 Å². The van der Waals surface area contributed by atoms with Crippen molar-refractivity contribution in [2.75, 3.05) is 38.6 Å². The molecule has 1 fully saturated rings. The van der Waals surface area contributed by atoms with Crippen molar-refractivity contribution in [2.24, 2.45) is 7.05 Å². The van der Waals surface area contributed by atoms with Crippen LogP contribution in [-0.4, -0.2) is 64.5 Å². The minimum Gasteiger partial charge on any atom is -0.497 e. The van der Waals surface area contributed by atoms with Crippen LogP contribution in [0, 0.1) is 0 Å². The van der Waals surface area contributed by atoms with Gasteiger partial charge in [-0.3, -0.25) is 14.5 Å². The first-order valence-electron chi connectivity index (χ1n) is 14.9. The molecule has 2 amide bonds. The Morgan fingerprint density at radius 1 is 0.896 bits per heavy atom. The maximum absolute atomic E-state index is 13.5. The molecule has 0 bridgehead atoms. The number of pyridine rings is 1. The summed E-state index contributed by atoms with van der Waals surface area (Å²) in [4.78, 5) is 34.4. The summed E-state index contributed by atoms with van der Waals surface area (Å²) in [5.74, 6) is 1.03. The molecule has 0 unspecified atom stereocenters. The molecule has 1 N–H and O–H groups in total. The van der Waals surface area contributed by atoms with Crippen LogP contribution in [0.1, 0.15) is 32.0 Å².